The maximum absolute atomic E-state index is 12.4. The van der Waals surface area contributed by atoms with Crippen LogP contribution >= 0.6 is 22.9 Å². The predicted octanol–water partition coefficient (Wildman–Crippen LogP) is 6.15. The van der Waals surface area contributed by atoms with E-state index in [-0.39, 0.29) is 5.78 Å². The van der Waals surface area contributed by atoms with Crippen molar-refractivity contribution in [1.29, 1.82) is 0 Å². The molecule has 2 aromatic heterocycles. The topological polar surface area (TPSA) is 34.9 Å². The van der Waals surface area contributed by atoms with Crippen LogP contribution in [0.3, 0.4) is 0 Å². The molecule has 0 aliphatic carbocycles. The molecular weight excluding hydrogens is 376 g/mol. The molecule has 4 aromatic rings. The molecule has 3 nitrogen and oxygen atoms in total. The van der Waals surface area contributed by atoms with Crippen LogP contribution in [0.1, 0.15) is 15.9 Å². The normalized spacial score (nSPS) is 11.1. The number of hydrogen-bond acceptors (Lipinski definition) is 3. The van der Waals surface area contributed by atoms with Crippen molar-refractivity contribution >= 4 is 34.8 Å². The summed E-state index contributed by atoms with van der Waals surface area (Å²) in [6, 6.07) is 20.8. The van der Waals surface area contributed by atoms with Crippen LogP contribution in [-0.4, -0.2) is 15.6 Å². The lowest BCUT2D eigenvalue weighted by Crippen LogP contribution is -1.93. The van der Waals surface area contributed by atoms with Crippen molar-refractivity contribution in [3.63, 3.8) is 0 Å². The number of halogens is 1. The maximum atomic E-state index is 12.4. The van der Waals surface area contributed by atoms with E-state index in [0.717, 1.165) is 21.8 Å². The SMILES string of the molecule is O=C(/C=C/c1cn(-c2ccccc2)nc1-c1cccs1)c1ccc(Cl)cc1. The van der Waals surface area contributed by atoms with Gasteiger partial charge in [-0.2, -0.15) is 5.10 Å². The molecule has 0 fully saturated rings. The van der Waals surface area contributed by atoms with Gasteiger partial charge in [-0.05, 0) is 60.0 Å². The van der Waals surface area contributed by atoms with Crippen LogP contribution in [0.5, 0.6) is 0 Å². The molecule has 4 rings (SSSR count). The Hall–Kier alpha value is -2.95. The number of benzene rings is 2. The first-order valence-corrected chi connectivity index (χ1v) is 9.63. The van der Waals surface area contributed by atoms with Gasteiger partial charge in [-0.3, -0.25) is 4.79 Å². The quantitative estimate of drug-likeness (QED) is 0.302. The molecule has 0 spiro atoms. The highest BCUT2D eigenvalue weighted by molar-refractivity contribution is 7.13. The van der Waals surface area contributed by atoms with E-state index in [1.807, 2.05) is 64.8 Å². The second-order valence-corrected chi connectivity index (χ2v) is 7.28. The van der Waals surface area contributed by atoms with Crippen molar-refractivity contribution in [3.8, 4) is 16.3 Å². The molecule has 27 heavy (non-hydrogen) atoms. The monoisotopic (exact) mass is 390 g/mol. The Kier molecular flexibility index (Phi) is 5.01. The second-order valence-electron chi connectivity index (χ2n) is 5.89. The smallest absolute Gasteiger partial charge is 0.185 e. The van der Waals surface area contributed by atoms with Gasteiger partial charge < -0.3 is 0 Å². The van der Waals surface area contributed by atoms with E-state index in [9.17, 15) is 4.79 Å². The minimum Gasteiger partial charge on any atom is -0.289 e. The zero-order valence-electron chi connectivity index (χ0n) is 14.2. The number of allylic oxidation sites excluding steroid dienone is 1. The van der Waals surface area contributed by atoms with E-state index in [1.54, 1.807) is 41.7 Å². The van der Waals surface area contributed by atoms with E-state index in [2.05, 4.69) is 0 Å². The van der Waals surface area contributed by atoms with Gasteiger partial charge in [0.15, 0.2) is 5.78 Å². The highest BCUT2D eigenvalue weighted by atomic mass is 35.5. The van der Waals surface area contributed by atoms with Gasteiger partial charge in [-0.15, -0.1) is 11.3 Å². The molecule has 0 radical (unpaired) electrons. The third kappa shape index (κ3) is 3.92. The lowest BCUT2D eigenvalue weighted by molar-refractivity contribution is 0.104. The number of hydrogen-bond donors (Lipinski definition) is 0. The van der Waals surface area contributed by atoms with Gasteiger partial charge in [0.25, 0.3) is 0 Å². The summed E-state index contributed by atoms with van der Waals surface area (Å²) >= 11 is 7.51. The fraction of sp³-hybridized carbons (Fsp3) is 0. The minimum absolute atomic E-state index is 0.0729. The standard InChI is InChI=1S/C22H15ClN2OS/c23-18-11-8-16(9-12-18)20(26)13-10-17-15-25(19-5-2-1-3-6-19)24-22(17)21-7-4-14-27-21/h1-15H/b13-10+. The molecule has 2 heterocycles. The van der Waals surface area contributed by atoms with Gasteiger partial charge in [-0.25, -0.2) is 4.68 Å². The Balaban J connectivity index is 1.69. The van der Waals surface area contributed by atoms with Crippen LogP contribution in [0.4, 0.5) is 0 Å². The third-order valence-corrected chi connectivity index (χ3v) is 5.19. The van der Waals surface area contributed by atoms with Crippen molar-refractivity contribution in [1.82, 2.24) is 9.78 Å². The van der Waals surface area contributed by atoms with Crippen molar-refractivity contribution < 1.29 is 4.79 Å². The zero-order valence-corrected chi connectivity index (χ0v) is 15.8. The van der Waals surface area contributed by atoms with E-state index in [4.69, 9.17) is 16.7 Å². The number of carbonyl (C=O) groups is 1. The van der Waals surface area contributed by atoms with Crippen molar-refractivity contribution in [2.75, 3.05) is 0 Å². The number of rotatable bonds is 5. The zero-order chi connectivity index (χ0) is 18.6. The minimum atomic E-state index is -0.0729. The summed E-state index contributed by atoms with van der Waals surface area (Å²) in [6.45, 7) is 0. The molecule has 0 N–H and O–H groups in total. The second kappa shape index (κ2) is 7.74. The lowest BCUT2D eigenvalue weighted by atomic mass is 10.1. The van der Waals surface area contributed by atoms with Gasteiger partial charge in [-0.1, -0.05) is 35.9 Å². The number of carbonyl (C=O) groups excluding carboxylic acids is 1. The van der Waals surface area contributed by atoms with E-state index >= 15 is 0 Å². The molecule has 0 amide bonds. The Labute approximate surface area is 166 Å². The Morgan fingerprint density at radius 3 is 2.48 bits per heavy atom. The van der Waals surface area contributed by atoms with E-state index in [0.29, 0.717) is 10.6 Å². The van der Waals surface area contributed by atoms with E-state index < -0.39 is 0 Å². The average molecular weight is 391 g/mol. The van der Waals surface area contributed by atoms with Crippen molar-refractivity contribution in [2.24, 2.45) is 0 Å². The highest BCUT2D eigenvalue weighted by Gasteiger charge is 2.12. The number of nitrogens with zero attached hydrogens (tertiary/aromatic N) is 2. The van der Waals surface area contributed by atoms with Crippen LogP contribution in [0, 0.1) is 0 Å². The summed E-state index contributed by atoms with van der Waals surface area (Å²) in [7, 11) is 0. The molecule has 0 unspecified atom stereocenters. The molecule has 0 aliphatic rings. The lowest BCUT2D eigenvalue weighted by Gasteiger charge is -1.99. The molecule has 132 valence electrons. The first-order valence-electron chi connectivity index (χ1n) is 8.38. The fourth-order valence-electron chi connectivity index (χ4n) is 2.70. The molecular formula is C22H15ClN2OS. The molecule has 5 heteroatoms. The molecule has 0 saturated heterocycles. The predicted molar refractivity (Wildman–Crippen MR) is 112 cm³/mol. The molecule has 0 atom stereocenters. The van der Waals surface area contributed by atoms with Crippen LogP contribution in [0.2, 0.25) is 5.02 Å². The van der Waals surface area contributed by atoms with Gasteiger partial charge in [0.05, 0.1) is 10.6 Å². The number of ketones is 1. The summed E-state index contributed by atoms with van der Waals surface area (Å²) in [5, 5.41) is 7.36. The van der Waals surface area contributed by atoms with Gasteiger partial charge >= 0.3 is 0 Å². The Morgan fingerprint density at radius 1 is 1.00 bits per heavy atom. The van der Waals surface area contributed by atoms with E-state index in [1.165, 1.54) is 0 Å². The van der Waals surface area contributed by atoms with Gasteiger partial charge in [0.1, 0.15) is 5.69 Å². The molecule has 0 aliphatic heterocycles. The summed E-state index contributed by atoms with van der Waals surface area (Å²) in [5.41, 5.74) is 3.32. The number of aromatic nitrogens is 2. The molecule has 0 bridgehead atoms. The average Bonchev–Trinajstić information content (AvgIpc) is 3.37. The molecule has 0 saturated carbocycles. The first-order chi connectivity index (χ1) is 13.2. The van der Waals surface area contributed by atoms with Crippen LogP contribution < -0.4 is 0 Å². The third-order valence-electron chi connectivity index (χ3n) is 4.06. The first kappa shape index (κ1) is 17.5. The summed E-state index contributed by atoms with van der Waals surface area (Å²) in [5.74, 6) is -0.0729. The van der Waals surface area contributed by atoms with Crippen LogP contribution in [0.25, 0.3) is 22.3 Å². The largest absolute Gasteiger partial charge is 0.289 e. The van der Waals surface area contributed by atoms with Crippen LogP contribution in [0.15, 0.2) is 84.4 Å². The Bertz CT molecular complexity index is 1080. The summed E-state index contributed by atoms with van der Waals surface area (Å²) in [4.78, 5) is 13.5. The fourth-order valence-corrected chi connectivity index (χ4v) is 3.56. The van der Waals surface area contributed by atoms with Crippen molar-refractivity contribution in [3.05, 3.63) is 101 Å². The maximum Gasteiger partial charge on any atom is 0.185 e. The number of para-hydroxylation sites is 1. The summed E-state index contributed by atoms with van der Waals surface area (Å²) in [6.07, 6.45) is 5.33. The molecule has 2 aromatic carbocycles. The van der Waals surface area contributed by atoms with Crippen LogP contribution in [-0.2, 0) is 0 Å². The van der Waals surface area contributed by atoms with Crippen molar-refractivity contribution in [2.45, 2.75) is 0 Å². The number of thiophene rings is 1. The highest BCUT2D eigenvalue weighted by Crippen LogP contribution is 2.28. The van der Waals surface area contributed by atoms with Gasteiger partial charge in [0.2, 0.25) is 0 Å². The Morgan fingerprint density at radius 2 is 1.78 bits per heavy atom. The van der Waals surface area contributed by atoms with Gasteiger partial charge in [0, 0.05) is 22.3 Å². The summed E-state index contributed by atoms with van der Waals surface area (Å²) < 4.78 is 1.83.